The van der Waals surface area contributed by atoms with Gasteiger partial charge in [0.05, 0.1) is 13.2 Å². The van der Waals surface area contributed by atoms with E-state index in [0.29, 0.717) is 0 Å². The van der Waals surface area contributed by atoms with Crippen LogP contribution in [0.25, 0.3) is 0 Å². The van der Waals surface area contributed by atoms with Gasteiger partial charge >= 0.3 is 0 Å². The van der Waals surface area contributed by atoms with Crippen LogP contribution in [0.2, 0.25) is 0 Å². The van der Waals surface area contributed by atoms with E-state index in [1.54, 1.807) is 0 Å². The second-order valence-electron chi connectivity index (χ2n) is 5.48. The lowest BCUT2D eigenvalue weighted by Gasteiger charge is -2.34. The van der Waals surface area contributed by atoms with Gasteiger partial charge in [0, 0.05) is 32.3 Å². The van der Waals surface area contributed by atoms with Gasteiger partial charge in [0.15, 0.2) is 5.96 Å². The van der Waals surface area contributed by atoms with Crippen LogP contribution in [0, 0.1) is 0 Å². The van der Waals surface area contributed by atoms with Crippen molar-refractivity contribution in [3.63, 3.8) is 0 Å². The topological polar surface area (TPSA) is 48.9 Å². The summed E-state index contributed by atoms with van der Waals surface area (Å²) in [5, 5.41) is 6.60. The van der Waals surface area contributed by atoms with Gasteiger partial charge in [-0.1, -0.05) is 13.3 Å². The van der Waals surface area contributed by atoms with Gasteiger partial charge in [0.25, 0.3) is 0 Å². The molecule has 1 atom stereocenters. The van der Waals surface area contributed by atoms with E-state index in [-0.39, 0.29) is 24.0 Å². The minimum Gasteiger partial charge on any atom is -0.380 e. The number of nitrogens with zero attached hydrogens (tertiary/aromatic N) is 2. The summed E-state index contributed by atoms with van der Waals surface area (Å²) in [6, 6.07) is 0.766. The van der Waals surface area contributed by atoms with Gasteiger partial charge in [-0.05, 0) is 39.7 Å². The maximum absolute atomic E-state index is 5.34. The molecule has 5 nitrogen and oxygen atoms in total. The number of rotatable bonds is 9. The normalized spacial score (nSPS) is 19.6. The first-order valence-electron chi connectivity index (χ1n) is 8.65. The molecule has 0 aromatic heterocycles. The number of halogens is 1. The molecule has 1 unspecified atom stereocenters. The molecule has 2 N–H and O–H groups in total. The third kappa shape index (κ3) is 9.15. The Kier molecular flexibility index (Phi) is 14.5. The largest absolute Gasteiger partial charge is 0.380 e. The Morgan fingerprint density at radius 3 is 2.73 bits per heavy atom. The lowest BCUT2D eigenvalue weighted by Crippen LogP contribution is -2.42. The quantitative estimate of drug-likeness (QED) is 0.258. The molecule has 0 amide bonds. The molecule has 1 aliphatic rings. The van der Waals surface area contributed by atoms with Crippen LogP contribution in [-0.4, -0.2) is 62.8 Å². The number of aliphatic imine (C=N–C) groups is 1. The maximum atomic E-state index is 5.34. The van der Waals surface area contributed by atoms with Crippen molar-refractivity contribution in [2.24, 2.45) is 4.99 Å². The van der Waals surface area contributed by atoms with Crippen LogP contribution in [0.5, 0.6) is 0 Å². The number of ether oxygens (including phenoxy) is 1. The van der Waals surface area contributed by atoms with Crippen LogP contribution >= 0.6 is 24.0 Å². The highest BCUT2D eigenvalue weighted by atomic mass is 127. The van der Waals surface area contributed by atoms with E-state index in [4.69, 9.17) is 4.74 Å². The molecule has 6 heteroatoms. The number of guanidine groups is 1. The lowest BCUT2D eigenvalue weighted by atomic mass is 10.0. The Labute approximate surface area is 153 Å². The van der Waals surface area contributed by atoms with Crippen molar-refractivity contribution in [1.29, 1.82) is 0 Å². The number of nitrogens with one attached hydrogen (secondary N) is 2. The third-order valence-electron chi connectivity index (χ3n) is 3.96. The molecule has 1 aliphatic heterocycles. The highest BCUT2D eigenvalue weighted by Gasteiger charge is 2.19. The van der Waals surface area contributed by atoms with Crippen LogP contribution in [0.15, 0.2) is 4.99 Å². The van der Waals surface area contributed by atoms with Crippen LogP contribution in [-0.2, 0) is 4.74 Å². The molecule has 0 aliphatic carbocycles. The molecule has 0 aromatic carbocycles. The monoisotopic (exact) mass is 426 g/mol. The molecule has 0 saturated carbocycles. The first-order chi connectivity index (χ1) is 10.3. The summed E-state index contributed by atoms with van der Waals surface area (Å²) in [5.41, 5.74) is 0. The summed E-state index contributed by atoms with van der Waals surface area (Å²) in [5.74, 6) is 0.905. The molecule has 1 saturated heterocycles. The van der Waals surface area contributed by atoms with Crippen LogP contribution < -0.4 is 10.6 Å². The van der Waals surface area contributed by atoms with E-state index in [9.17, 15) is 0 Å². The summed E-state index contributed by atoms with van der Waals surface area (Å²) >= 11 is 0. The van der Waals surface area contributed by atoms with Gasteiger partial charge < -0.3 is 15.4 Å². The van der Waals surface area contributed by atoms with E-state index in [2.05, 4.69) is 34.4 Å². The van der Waals surface area contributed by atoms with Crippen molar-refractivity contribution in [2.75, 3.05) is 45.9 Å². The van der Waals surface area contributed by atoms with Gasteiger partial charge in [-0.15, -0.1) is 24.0 Å². The van der Waals surface area contributed by atoms with Gasteiger partial charge in [-0.3, -0.25) is 9.89 Å². The fourth-order valence-corrected chi connectivity index (χ4v) is 2.83. The molecule has 22 heavy (non-hydrogen) atoms. The Balaban J connectivity index is 0.00000441. The van der Waals surface area contributed by atoms with Crippen LogP contribution in [0.3, 0.4) is 0 Å². The van der Waals surface area contributed by atoms with Gasteiger partial charge in [0.2, 0.25) is 0 Å². The molecular formula is C16H35IN4O. The summed E-state index contributed by atoms with van der Waals surface area (Å²) in [6.45, 7) is 12.8. The van der Waals surface area contributed by atoms with Gasteiger partial charge in [-0.25, -0.2) is 0 Å². The smallest absolute Gasteiger partial charge is 0.191 e. The van der Waals surface area contributed by atoms with E-state index in [1.165, 1.54) is 32.2 Å². The van der Waals surface area contributed by atoms with Crippen LogP contribution in [0.1, 0.15) is 46.5 Å². The Hall–Kier alpha value is -0.0800. The standard InChI is InChI=1S/C16H34N4O.HI/c1-4-15-9-7-8-12-20(15)13-10-18-16(17-5-2)19-11-14-21-6-3;/h15H,4-14H2,1-3H3,(H2,17,18,19);1H. The fraction of sp³-hybridized carbons (Fsp3) is 0.938. The van der Waals surface area contributed by atoms with E-state index >= 15 is 0 Å². The molecule has 1 heterocycles. The second kappa shape index (κ2) is 14.5. The zero-order valence-corrected chi connectivity index (χ0v) is 16.9. The highest BCUT2D eigenvalue weighted by Crippen LogP contribution is 2.18. The highest BCUT2D eigenvalue weighted by molar-refractivity contribution is 14.0. The van der Waals surface area contributed by atoms with Crippen molar-refractivity contribution in [3.05, 3.63) is 0 Å². The van der Waals surface area contributed by atoms with Crippen molar-refractivity contribution in [3.8, 4) is 0 Å². The number of likely N-dealkylation sites (tertiary alicyclic amines) is 1. The van der Waals surface area contributed by atoms with Gasteiger partial charge in [0.1, 0.15) is 0 Å². The lowest BCUT2D eigenvalue weighted by molar-refractivity contribution is 0.148. The fourth-order valence-electron chi connectivity index (χ4n) is 2.83. The van der Waals surface area contributed by atoms with Crippen LogP contribution in [0.4, 0.5) is 0 Å². The molecule has 1 fully saturated rings. The minimum absolute atomic E-state index is 0. The van der Waals surface area contributed by atoms with Gasteiger partial charge in [-0.2, -0.15) is 0 Å². The predicted octanol–water partition coefficient (Wildman–Crippen LogP) is 2.46. The number of hydrogen-bond donors (Lipinski definition) is 2. The number of hydrogen-bond acceptors (Lipinski definition) is 3. The van der Waals surface area contributed by atoms with Crippen molar-refractivity contribution >= 4 is 29.9 Å². The Bertz CT molecular complexity index is 289. The summed E-state index contributed by atoms with van der Waals surface area (Å²) < 4.78 is 5.34. The predicted molar refractivity (Wildman–Crippen MR) is 105 cm³/mol. The molecule has 0 spiro atoms. The Morgan fingerprint density at radius 1 is 1.23 bits per heavy atom. The number of piperidine rings is 1. The van der Waals surface area contributed by atoms with Crippen molar-refractivity contribution < 1.29 is 4.74 Å². The first-order valence-corrected chi connectivity index (χ1v) is 8.65. The summed E-state index contributed by atoms with van der Waals surface area (Å²) in [4.78, 5) is 7.28. The second-order valence-corrected chi connectivity index (χ2v) is 5.48. The maximum Gasteiger partial charge on any atom is 0.191 e. The zero-order chi connectivity index (χ0) is 15.3. The summed E-state index contributed by atoms with van der Waals surface area (Å²) in [7, 11) is 0. The molecule has 0 radical (unpaired) electrons. The molecule has 1 rings (SSSR count). The average molecular weight is 426 g/mol. The third-order valence-corrected chi connectivity index (χ3v) is 3.96. The van der Waals surface area contributed by atoms with E-state index < -0.39 is 0 Å². The average Bonchev–Trinajstić information content (AvgIpc) is 2.52. The first kappa shape index (κ1) is 21.9. The SMILES string of the molecule is CCNC(=NCCN1CCCCC1CC)NCCOCC.I. The minimum atomic E-state index is 0. The van der Waals surface area contributed by atoms with Crippen molar-refractivity contribution in [2.45, 2.75) is 52.5 Å². The molecule has 0 aromatic rings. The van der Waals surface area contributed by atoms with E-state index in [1.807, 2.05) is 6.92 Å². The summed E-state index contributed by atoms with van der Waals surface area (Å²) in [6.07, 6.45) is 5.34. The van der Waals surface area contributed by atoms with Crippen molar-refractivity contribution in [1.82, 2.24) is 15.5 Å². The molecule has 0 bridgehead atoms. The van der Waals surface area contributed by atoms with E-state index in [0.717, 1.165) is 51.4 Å². The zero-order valence-electron chi connectivity index (χ0n) is 14.6. The molecule has 132 valence electrons. The molecular weight excluding hydrogens is 391 g/mol. The Morgan fingerprint density at radius 2 is 2.05 bits per heavy atom.